The SMILES string of the molecule is O=c1oc(=C(O)O)c(=C(O)O)oc(=O)c2ccccc2c2ccc3ccccc3c2c2c3ccccc3ccc2c2ccccc12. The minimum atomic E-state index is -1.61. The highest BCUT2D eigenvalue weighted by atomic mass is 16.5. The Morgan fingerprint density at radius 2 is 0.696 bits per heavy atom. The van der Waals surface area contributed by atoms with E-state index in [0.29, 0.717) is 21.5 Å². The molecule has 6 aromatic carbocycles. The number of aliphatic hydroxyl groups excluding tert-OH is 2. The van der Waals surface area contributed by atoms with Crippen LogP contribution in [0.5, 0.6) is 0 Å². The Morgan fingerprint density at radius 1 is 0.370 bits per heavy atom. The predicted molar refractivity (Wildman–Crippen MR) is 180 cm³/mol. The Morgan fingerprint density at radius 3 is 1.07 bits per heavy atom. The fraction of sp³-hybridized carbons (Fsp3) is 0. The van der Waals surface area contributed by atoms with Gasteiger partial charge in [-0.15, -0.1) is 0 Å². The third-order valence-electron chi connectivity index (χ3n) is 7.98. The van der Waals surface area contributed by atoms with Crippen LogP contribution in [0.25, 0.3) is 76.5 Å². The molecular formula is C38H24O8. The zero-order valence-corrected chi connectivity index (χ0v) is 24.0. The molecule has 1 heterocycles. The number of fused-ring (bicyclic) bond motifs is 11. The van der Waals surface area contributed by atoms with Crippen molar-refractivity contribution >= 4 is 76.5 Å². The first-order chi connectivity index (χ1) is 22.3. The van der Waals surface area contributed by atoms with Crippen molar-refractivity contribution in [3.05, 3.63) is 153 Å². The summed E-state index contributed by atoms with van der Waals surface area (Å²) in [5.74, 6) is -3.23. The highest BCUT2D eigenvalue weighted by molar-refractivity contribution is 6.32. The molecule has 224 valence electrons. The van der Waals surface area contributed by atoms with Gasteiger partial charge in [0.1, 0.15) is 0 Å². The average molecular weight is 609 g/mol. The van der Waals surface area contributed by atoms with Crippen LogP contribution in [0.1, 0.15) is 0 Å². The second kappa shape index (κ2) is 11.2. The summed E-state index contributed by atoms with van der Waals surface area (Å²) < 4.78 is 10.6. The van der Waals surface area contributed by atoms with Gasteiger partial charge >= 0.3 is 23.1 Å². The molecule has 7 rings (SSSR count). The molecule has 0 unspecified atom stereocenters. The highest BCUT2D eigenvalue weighted by Gasteiger charge is 2.13. The van der Waals surface area contributed by atoms with E-state index >= 15 is 0 Å². The van der Waals surface area contributed by atoms with E-state index in [1.807, 2.05) is 72.8 Å². The van der Waals surface area contributed by atoms with Crippen LogP contribution < -0.4 is 22.1 Å². The molecule has 0 saturated heterocycles. The van der Waals surface area contributed by atoms with Crippen molar-refractivity contribution < 1.29 is 29.3 Å². The molecule has 0 aliphatic carbocycles. The van der Waals surface area contributed by atoms with E-state index in [2.05, 4.69) is 0 Å². The molecule has 0 bridgehead atoms. The van der Waals surface area contributed by atoms with Gasteiger partial charge in [-0.05, 0) is 66.0 Å². The lowest BCUT2D eigenvalue weighted by Gasteiger charge is -2.11. The van der Waals surface area contributed by atoms with Crippen LogP contribution in [0.4, 0.5) is 0 Å². The highest BCUT2D eigenvalue weighted by Crippen LogP contribution is 2.38. The van der Waals surface area contributed by atoms with E-state index in [1.54, 1.807) is 36.4 Å². The molecule has 0 amide bonds. The van der Waals surface area contributed by atoms with E-state index in [-0.39, 0.29) is 10.8 Å². The van der Waals surface area contributed by atoms with Crippen LogP contribution in [-0.2, 0) is 0 Å². The minimum absolute atomic E-state index is 0.0279. The summed E-state index contributed by atoms with van der Waals surface area (Å²) in [5.41, 5.74) is -4.47. The van der Waals surface area contributed by atoms with Crippen molar-refractivity contribution in [2.24, 2.45) is 0 Å². The summed E-state index contributed by atoms with van der Waals surface area (Å²) in [6, 6.07) is 36.7. The van der Waals surface area contributed by atoms with Gasteiger partial charge in [0.25, 0.3) is 10.8 Å². The Hall–Kier alpha value is -6.54. The quantitative estimate of drug-likeness (QED) is 0.143. The number of hydrogen-bond donors (Lipinski definition) is 4. The topological polar surface area (TPSA) is 141 Å². The molecule has 0 spiro atoms. The van der Waals surface area contributed by atoms with Gasteiger partial charge in [0.15, 0.2) is 0 Å². The van der Waals surface area contributed by atoms with Gasteiger partial charge in [0.2, 0.25) is 0 Å². The number of rotatable bonds is 0. The summed E-state index contributed by atoms with van der Waals surface area (Å²) in [6.45, 7) is 0. The van der Waals surface area contributed by atoms with E-state index < -0.39 is 34.0 Å². The van der Waals surface area contributed by atoms with Crippen LogP contribution in [0, 0.1) is 0 Å². The van der Waals surface area contributed by atoms with Crippen LogP contribution in [-0.4, -0.2) is 20.4 Å². The van der Waals surface area contributed by atoms with Gasteiger partial charge in [-0.25, -0.2) is 9.59 Å². The summed E-state index contributed by atoms with van der Waals surface area (Å²) in [5, 5.41) is 47.8. The molecule has 7 aromatic rings. The Balaban J connectivity index is 2.03. The Kier molecular flexibility index (Phi) is 6.87. The van der Waals surface area contributed by atoms with Gasteiger partial charge in [-0.2, -0.15) is 0 Å². The molecule has 0 saturated carbocycles. The van der Waals surface area contributed by atoms with Crippen LogP contribution >= 0.6 is 0 Å². The molecule has 46 heavy (non-hydrogen) atoms. The van der Waals surface area contributed by atoms with Crippen molar-refractivity contribution in [2.45, 2.75) is 0 Å². The van der Waals surface area contributed by atoms with Gasteiger partial charge in [0, 0.05) is 0 Å². The fourth-order valence-corrected chi connectivity index (χ4v) is 6.01. The summed E-state index contributed by atoms with van der Waals surface area (Å²) in [7, 11) is 0. The predicted octanol–water partition coefficient (Wildman–Crippen LogP) is 7.12. The molecule has 4 N–H and O–H groups in total. The smallest absolute Gasteiger partial charge is 0.344 e. The molecule has 8 heteroatoms. The fourth-order valence-electron chi connectivity index (χ4n) is 6.01. The molecule has 8 nitrogen and oxygen atoms in total. The van der Waals surface area contributed by atoms with Crippen LogP contribution in [0.3, 0.4) is 0 Å². The maximum Gasteiger partial charge on any atom is 0.344 e. The zero-order valence-electron chi connectivity index (χ0n) is 24.0. The lowest BCUT2D eigenvalue weighted by atomic mass is 9.92. The van der Waals surface area contributed by atoms with Crippen molar-refractivity contribution in [1.29, 1.82) is 0 Å². The Labute approximate surface area is 258 Å². The van der Waals surface area contributed by atoms with E-state index in [0.717, 1.165) is 32.3 Å². The molecular weight excluding hydrogens is 584 g/mol. The van der Waals surface area contributed by atoms with Crippen molar-refractivity contribution in [1.82, 2.24) is 0 Å². The van der Waals surface area contributed by atoms with Crippen LogP contribution in [0.15, 0.2) is 140 Å². The molecule has 0 aliphatic rings. The van der Waals surface area contributed by atoms with E-state index in [4.69, 9.17) is 8.83 Å². The normalized spacial score (nSPS) is 11.1. The monoisotopic (exact) mass is 608 g/mol. The van der Waals surface area contributed by atoms with E-state index in [9.17, 15) is 30.0 Å². The van der Waals surface area contributed by atoms with Crippen LogP contribution in [0.2, 0.25) is 0 Å². The van der Waals surface area contributed by atoms with Gasteiger partial charge in [-0.1, -0.05) is 109 Å². The molecule has 1 aromatic heterocycles. The van der Waals surface area contributed by atoms with Gasteiger partial charge in [-0.3, -0.25) is 0 Å². The number of benzene rings is 6. The average Bonchev–Trinajstić information content (AvgIpc) is 3.08. The summed E-state index contributed by atoms with van der Waals surface area (Å²) in [4.78, 5) is 27.5. The summed E-state index contributed by atoms with van der Waals surface area (Å²) in [6.07, 6.45) is 0. The van der Waals surface area contributed by atoms with Crippen molar-refractivity contribution in [2.75, 3.05) is 0 Å². The number of hydrogen-bond acceptors (Lipinski definition) is 8. The molecule has 0 radical (unpaired) electrons. The lowest BCUT2D eigenvalue weighted by molar-refractivity contribution is 0.251. The third-order valence-corrected chi connectivity index (χ3v) is 7.98. The first kappa shape index (κ1) is 28.2. The largest absolute Gasteiger partial charge is 0.478 e. The van der Waals surface area contributed by atoms with E-state index in [1.165, 1.54) is 12.1 Å². The summed E-state index contributed by atoms with van der Waals surface area (Å²) >= 11 is 0. The first-order valence-electron chi connectivity index (χ1n) is 14.2. The maximum absolute atomic E-state index is 13.8. The second-order valence-corrected chi connectivity index (χ2v) is 10.6. The van der Waals surface area contributed by atoms with Crippen molar-refractivity contribution in [3.8, 4) is 0 Å². The minimum Gasteiger partial charge on any atom is -0.478 e. The maximum atomic E-state index is 13.8. The lowest BCUT2D eigenvalue weighted by Crippen LogP contribution is -2.32. The van der Waals surface area contributed by atoms with Crippen molar-refractivity contribution in [3.63, 3.8) is 0 Å². The number of aliphatic hydroxyl groups is 4. The zero-order chi connectivity index (χ0) is 31.9. The van der Waals surface area contributed by atoms with Gasteiger partial charge in [0.05, 0.1) is 10.8 Å². The Bertz CT molecular complexity index is 2590. The third kappa shape index (κ3) is 4.65. The second-order valence-electron chi connectivity index (χ2n) is 10.6. The van der Waals surface area contributed by atoms with Gasteiger partial charge < -0.3 is 29.3 Å². The molecule has 0 fully saturated rings. The molecule has 0 atom stereocenters. The standard InChI is InChI=1S/C38H24O8/c39-35(40)33-34(36(41)42)46-38(44)30-16-8-6-14-26(30)28-20-18-22-10-2-4-12-24(22)32(28)31-23-11-3-1-9-21(23)17-19-27(31)25-13-5-7-15-29(25)37(43)45-33/h1-20,39-42H. The first-order valence-corrected chi connectivity index (χ1v) is 14.2. The molecule has 0 aliphatic heterocycles.